The Hall–Kier alpha value is -3.21. The number of benzene rings is 3. The summed E-state index contributed by atoms with van der Waals surface area (Å²) in [6.45, 7) is 1.68. The van der Waals surface area contributed by atoms with Gasteiger partial charge in [0.2, 0.25) is 0 Å². The Balaban J connectivity index is 1.70. The van der Waals surface area contributed by atoms with Gasteiger partial charge >= 0.3 is 0 Å². The highest BCUT2D eigenvalue weighted by Gasteiger charge is 2.09. The van der Waals surface area contributed by atoms with Crippen LogP contribution in [0, 0.1) is 18.6 Å². The third-order valence-electron chi connectivity index (χ3n) is 4.06. The van der Waals surface area contributed by atoms with E-state index in [1.165, 1.54) is 18.2 Å². The number of hydrogen-bond acceptors (Lipinski definition) is 2. The molecule has 25 heavy (non-hydrogen) atoms. The first-order chi connectivity index (χ1) is 12.1. The fourth-order valence-corrected chi connectivity index (χ4v) is 2.69. The van der Waals surface area contributed by atoms with Gasteiger partial charge in [0.1, 0.15) is 23.1 Å². The number of aromatic nitrogens is 2. The fourth-order valence-electron chi connectivity index (χ4n) is 2.69. The van der Waals surface area contributed by atoms with E-state index in [1.807, 2.05) is 12.1 Å². The average molecular weight is 336 g/mol. The highest BCUT2D eigenvalue weighted by Crippen LogP contribution is 2.29. The van der Waals surface area contributed by atoms with Gasteiger partial charge in [-0.2, -0.15) is 5.10 Å². The van der Waals surface area contributed by atoms with Crippen LogP contribution in [0.3, 0.4) is 0 Å². The second-order valence-corrected chi connectivity index (χ2v) is 5.72. The van der Waals surface area contributed by atoms with Crippen LogP contribution in [0.2, 0.25) is 0 Å². The molecule has 4 rings (SSSR count). The van der Waals surface area contributed by atoms with Gasteiger partial charge in [-0.15, -0.1) is 0 Å². The molecule has 4 aromatic rings. The minimum atomic E-state index is -0.303. The molecule has 1 aromatic heterocycles. The first-order valence-corrected chi connectivity index (χ1v) is 7.78. The van der Waals surface area contributed by atoms with Crippen LogP contribution in [0.1, 0.15) is 5.56 Å². The minimum absolute atomic E-state index is 0.290. The number of fused-ring (bicyclic) bond motifs is 1. The largest absolute Gasteiger partial charge is 0.457 e. The second-order valence-electron chi connectivity index (χ2n) is 5.72. The van der Waals surface area contributed by atoms with Gasteiger partial charge < -0.3 is 4.74 Å². The predicted octanol–water partition coefficient (Wildman–Crippen LogP) is 5.40. The number of ether oxygens (including phenoxy) is 1. The molecule has 0 N–H and O–H groups in total. The molecule has 0 saturated carbocycles. The Morgan fingerprint density at radius 3 is 2.56 bits per heavy atom. The number of nitrogens with zero attached hydrogens (tertiary/aromatic N) is 2. The molecular weight excluding hydrogens is 322 g/mol. The lowest BCUT2D eigenvalue weighted by molar-refractivity contribution is 0.472. The van der Waals surface area contributed by atoms with Crippen molar-refractivity contribution in [2.24, 2.45) is 0 Å². The molecule has 0 saturated heterocycles. The van der Waals surface area contributed by atoms with Crippen LogP contribution in [-0.2, 0) is 0 Å². The van der Waals surface area contributed by atoms with Crippen LogP contribution >= 0.6 is 0 Å². The Morgan fingerprint density at radius 2 is 1.76 bits per heavy atom. The second kappa shape index (κ2) is 6.02. The molecule has 0 atom stereocenters. The molecule has 0 spiro atoms. The quantitative estimate of drug-likeness (QED) is 0.500. The number of halogens is 2. The van der Waals surface area contributed by atoms with Gasteiger partial charge in [0.05, 0.1) is 17.4 Å². The van der Waals surface area contributed by atoms with E-state index in [9.17, 15) is 8.78 Å². The van der Waals surface area contributed by atoms with Crippen molar-refractivity contribution in [1.82, 2.24) is 9.78 Å². The highest BCUT2D eigenvalue weighted by atomic mass is 19.1. The van der Waals surface area contributed by atoms with Crippen LogP contribution in [0.25, 0.3) is 16.6 Å². The summed E-state index contributed by atoms with van der Waals surface area (Å²) in [5.41, 5.74) is 2.10. The van der Waals surface area contributed by atoms with E-state index >= 15 is 0 Å². The maximum Gasteiger partial charge on any atom is 0.133 e. The third-order valence-corrected chi connectivity index (χ3v) is 4.06. The van der Waals surface area contributed by atoms with E-state index in [0.29, 0.717) is 17.1 Å². The summed E-state index contributed by atoms with van der Waals surface area (Å²) in [5.74, 6) is 0.481. The van der Waals surface area contributed by atoms with Crippen molar-refractivity contribution in [3.05, 3.63) is 84.1 Å². The molecule has 3 nitrogen and oxygen atoms in total. The van der Waals surface area contributed by atoms with Crippen molar-refractivity contribution in [1.29, 1.82) is 0 Å². The maximum absolute atomic E-state index is 13.6. The molecule has 0 aliphatic carbocycles. The molecular formula is C20H14F2N2O. The first kappa shape index (κ1) is 15.3. The third kappa shape index (κ3) is 2.85. The molecule has 3 aromatic carbocycles. The fraction of sp³-hybridized carbons (Fsp3) is 0.0500. The molecule has 0 bridgehead atoms. The summed E-state index contributed by atoms with van der Waals surface area (Å²) in [5, 5.41) is 5.22. The van der Waals surface area contributed by atoms with Gasteiger partial charge in [0.15, 0.2) is 0 Å². The first-order valence-electron chi connectivity index (χ1n) is 7.78. The Bertz CT molecular complexity index is 1060. The maximum atomic E-state index is 13.6. The van der Waals surface area contributed by atoms with Gasteiger partial charge in [0, 0.05) is 10.9 Å². The molecule has 0 amide bonds. The van der Waals surface area contributed by atoms with E-state index in [4.69, 9.17) is 4.74 Å². The summed E-state index contributed by atoms with van der Waals surface area (Å²) in [6.07, 6.45) is 1.71. The zero-order valence-electron chi connectivity index (χ0n) is 13.4. The lowest BCUT2D eigenvalue weighted by Crippen LogP contribution is -1.96. The lowest BCUT2D eigenvalue weighted by atomic mass is 10.2. The van der Waals surface area contributed by atoms with Crippen LogP contribution in [-0.4, -0.2) is 9.78 Å². The molecule has 5 heteroatoms. The topological polar surface area (TPSA) is 27.1 Å². The van der Waals surface area contributed by atoms with Crippen molar-refractivity contribution >= 4 is 10.9 Å². The monoisotopic (exact) mass is 336 g/mol. The number of hydrogen-bond donors (Lipinski definition) is 0. The summed E-state index contributed by atoms with van der Waals surface area (Å²) in [4.78, 5) is 0. The minimum Gasteiger partial charge on any atom is -0.457 e. The van der Waals surface area contributed by atoms with Gasteiger partial charge in [-0.1, -0.05) is 6.07 Å². The molecule has 1 heterocycles. The molecule has 0 unspecified atom stereocenters. The smallest absolute Gasteiger partial charge is 0.133 e. The molecule has 0 aliphatic rings. The van der Waals surface area contributed by atoms with E-state index < -0.39 is 0 Å². The Kier molecular flexibility index (Phi) is 3.69. The van der Waals surface area contributed by atoms with E-state index in [-0.39, 0.29) is 11.6 Å². The zero-order valence-corrected chi connectivity index (χ0v) is 13.4. The van der Waals surface area contributed by atoms with E-state index in [1.54, 1.807) is 48.1 Å². The summed E-state index contributed by atoms with van der Waals surface area (Å²) in [6, 6.07) is 16.4. The van der Waals surface area contributed by atoms with Crippen molar-refractivity contribution in [3.8, 4) is 17.2 Å². The average Bonchev–Trinajstić information content (AvgIpc) is 3.03. The summed E-state index contributed by atoms with van der Waals surface area (Å²) < 4.78 is 34.3. The van der Waals surface area contributed by atoms with Crippen molar-refractivity contribution < 1.29 is 13.5 Å². The van der Waals surface area contributed by atoms with Crippen LogP contribution < -0.4 is 4.74 Å². The van der Waals surface area contributed by atoms with Crippen LogP contribution in [0.5, 0.6) is 11.5 Å². The number of rotatable bonds is 3. The SMILES string of the molecule is Cc1c(F)cccc1Oc1ccc2c(cnn2-c2ccc(F)cc2)c1. The van der Waals surface area contributed by atoms with Gasteiger partial charge in [0.25, 0.3) is 0 Å². The molecule has 124 valence electrons. The predicted molar refractivity (Wildman–Crippen MR) is 92.2 cm³/mol. The van der Waals surface area contributed by atoms with Gasteiger partial charge in [-0.3, -0.25) is 0 Å². The Labute approximate surface area is 143 Å². The summed E-state index contributed by atoms with van der Waals surface area (Å²) in [7, 11) is 0. The van der Waals surface area contributed by atoms with Crippen LogP contribution in [0.4, 0.5) is 8.78 Å². The molecule has 0 radical (unpaired) electrons. The van der Waals surface area contributed by atoms with Gasteiger partial charge in [-0.25, -0.2) is 13.5 Å². The van der Waals surface area contributed by atoms with Crippen molar-refractivity contribution in [2.45, 2.75) is 6.92 Å². The molecule has 0 aliphatic heterocycles. The van der Waals surface area contributed by atoms with Crippen molar-refractivity contribution in [3.63, 3.8) is 0 Å². The summed E-state index contributed by atoms with van der Waals surface area (Å²) >= 11 is 0. The standard InChI is InChI=1S/C20H14F2N2O/c1-13-18(22)3-2-4-20(13)25-17-9-10-19-14(11-17)12-23-24(19)16-7-5-15(21)6-8-16/h2-12H,1H3. The highest BCUT2D eigenvalue weighted by molar-refractivity contribution is 5.81. The lowest BCUT2D eigenvalue weighted by Gasteiger charge is -2.09. The normalized spacial score (nSPS) is 11.0. The molecule has 0 fully saturated rings. The van der Waals surface area contributed by atoms with Gasteiger partial charge in [-0.05, 0) is 61.5 Å². The zero-order chi connectivity index (χ0) is 17.4. The Morgan fingerprint density at radius 1 is 0.960 bits per heavy atom. The van der Waals surface area contributed by atoms with E-state index in [0.717, 1.165) is 16.6 Å². The van der Waals surface area contributed by atoms with Crippen LogP contribution in [0.15, 0.2) is 66.9 Å². The van der Waals surface area contributed by atoms with E-state index in [2.05, 4.69) is 5.10 Å². The van der Waals surface area contributed by atoms with Crippen molar-refractivity contribution in [2.75, 3.05) is 0 Å².